The molecular formula is C4H13N4P. The zero-order valence-electron chi connectivity index (χ0n) is 5.30. The number of nitrogens with two attached hydrogens (primary N) is 3. The number of nitrogens with one attached hydrogen (secondary N) is 1. The lowest BCUT2D eigenvalue weighted by Crippen LogP contribution is -2.47. The zero-order chi connectivity index (χ0) is 7.12. The van der Waals surface area contributed by atoms with Crippen molar-refractivity contribution < 1.29 is 0 Å². The van der Waals surface area contributed by atoms with Crippen molar-refractivity contribution >= 4 is 7.21 Å². The topological polar surface area (TPSA) is 102 Å². The lowest BCUT2D eigenvalue weighted by molar-refractivity contribution is 0.595. The first-order chi connectivity index (χ1) is 3.96. The summed E-state index contributed by atoms with van der Waals surface area (Å²) in [5.74, 6) is 0. The summed E-state index contributed by atoms with van der Waals surface area (Å²) >= 11 is 0. The Kier molecular flexibility index (Phi) is 1.44. The van der Waals surface area contributed by atoms with Gasteiger partial charge in [0.15, 0.2) is 0 Å². The first-order valence-corrected chi connectivity index (χ1v) is 5.00. The molecule has 0 aromatic rings. The van der Waals surface area contributed by atoms with Gasteiger partial charge in [-0.05, 0) is 19.0 Å². The third-order valence-corrected chi connectivity index (χ3v) is 4.56. The Balaban J connectivity index is 2.88. The van der Waals surface area contributed by atoms with Crippen LogP contribution in [0.5, 0.6) is 0 Å². The number of hydrogen-bond donors (Lipinski definition) is 4. The molecule has 0 saturated carbocycles. The SMILES string of the molecule is N=P1(N)CCCC1(N)N. The van der Waals surface area contributed by atoms with Crippen LogP contribution < -0.4 is 17.0 Å². The second-order valence-electron chi connectivity index (χ2n) is 2.69. The van der Waals surface area contributed by atoms with Gasteiger partial charge in [-0.3, -0.25) is 5.50 Å². The minimum atomic E-state index is -2.19. The molecule has 1 unspecified atom stereocenters. The summed E-state index contributed by atoms with van der Waals surface area (Å²) in [5, 5.41) is 6.67. The summed E-state index contributed by atoms with van der Waals surface area (Å²) in [5.41, 5.74) is 16.7. The molecule has 7 N–H and O–H groups in total. The predicted molar refractivity (Wildman–Crippen MR) is 39.0 cm³/mol. The molecule has 54 valence electrons. The Morgan fingerprint density at radius 2 is 2.00 bits per heavy atom. The highest BCUT2D eigenvalue weighted by molar-refractivity contribution is 7.64. The van der Waals surface area contributed by atoms with Gasteiger partial charge in [0.25, 0.3) is 0 Å². The molecule has 9 heavy (non-hydrogen) atoms. The number of hydrogen-bond acceptors (Lipinski definition) is 3. The van der Waals surface area contributed by atoms with Crippen LogP contribution in [-0.4, -0.2) is 11.6 Å². The lowest BCUT2D eigenvalue weighted by Gasteiger charge is -2.26. The van der Waals surface area contributed by atoms with E-state index in [9.17, 15) is 0 Å². The molecule has 1 heterocycles. The molecular weight excluding hydrogens is 135 g/mol. The Morgan fingerprint density at radius 1 is 1.44 bits per heavy atom. The van der Waals surface area contributed by atoms with E-state index < -0.39 is 12.6 Å². The minimum Gasteiger partial charge on any atom is -0.308 e. The quantitative estimate of drug-likeness (QED) is 0.287. The van der Waals surface area contributed by atoms with Gasteiger partial charge >= 0.3 is 0 Å². The summed E-state index contributed by atoms with van der Waals surface area (Å²) in [6, 6.07) is 0. The van der Waals surface area contributed by atoms with Gasteiger partial charge in [0, 0.05) is 0 Å². The van der Waals surface area contributed by atoms with Crippen LogP contribution in [0.3, 0.4) is 0 Å². The fraction of sp³-hybridized carbons (Fsp3) is 1.00. The molecule has 1 saturated heterocycles. The maximum atomic E-state index is 7.53. The highest BCUT2D eigenvalue weighted by Crippen LogP contribution is 2.53. The van der Waals surface area contributed by atoms with E-state index in [0.29, 0.717) is 6.42 Å². The van der Waals surface area contributed by atoms with Gasteiger partial charge < -0.3 is 16.6 Å². The standard InChI is InChI=1S/C4H13N4P/c5-4(6)2-1-3-9(4,7)8/h1-3,5-6H2,(H3,7,8). The van der Waals surface area contributed by atoms with Gasteiger partial charge in [0.2, 0.25) is 0 Å². The van der Waals surface area contributed by atoms with Crippen LogP contribution in [0.25, 0.3) is 0 Å². The van der Waals surface area contributed by atoms with E-state index in [1.54, 1.807) is 0 Å². The van der Waals surface area contributed by atoms with Crippen LogP contribution >= 0.6 is 7.21 Å². The zero-order valence-corrected chi connectivity index (χ0v) is 6.20. The molecule has 1 aliphatic heterocycles. The molecule has 1 rings (SSSR count). The van der Waals surface area contributed by atoms with Crippen molar-refractivity contribution in [1.29, 1.82) is 5.16 Å². The molecule has 0 aliphatic carbocycles. The monoisotopic (exact) mass is 148 g/mol. The molecule has 1 atom stereocenters. The van der Waals surface area contributed by atoms with E-state index >= 15 is 0 Å². The summed E-state index contributed by atoms with van der Waals surface area (Å²) in [6.07, 6.45) is 2.35. The third kappa shape index (κ3) is 1.03. The maximum absolute atomic E-state index is 7.53. The van der Waals surface area contributed by atoms with E-state index in [4.69, 9.17) is 22.1 Å². The highest BCUT2D eigenvalue weighted by atomic mass is 31.2. The molecule has 4 nitrogen and oxygen atoms in total. The van der Waals surface area contributed by atoms with Crippen molar-refractivity contribution in [3.63, 3.8) is 0 Å². The highest BCUT2D eigenvalue weighted by Gasteiger charge is 2.39. The first-order valence-electron chi connectivity index (χ1n) is 2.95. The maximum Gasteiger partial charge on any atom is 0.112 e. The predicted octanol–water partition coefficient (Wildman–Crippen LogP) is 0.00507. The van der Waals surface area contributed by atoms with Crippen LogP contribution in [0.2, 0.25) is 0 Å². The fourth-order valence-corrected chi connectivity index (χ4v) is 2.65. The summed E-state index contributed by atoms with van der Waals surface area (Å²) < 4.78 is 0. The molecule has 0 bridgehead atoms. The first kappa shape index (κ1) is 7.22. The van der Waals surface area contributed by atoms with Gasteiger partial charge in [-0.15, -0.1) is 0 Å². The molecule has 0 aromatic carbocycles. The average molecular weight is 148 g/mol. The van der Waals surface area contributed by atoms with Crippen LogP contribution in [0, 0.1) is 5.16 Å². The largest absolute Gasteiger partial charge is 0.308 e. The van der Waals surface area contributed by atoms with Crippen LogP contribution in [0.15, 0.2) is 0 Å². The Hall–Kier alpha value is 0.110. The molecule has 5 heteroatoms. The average Bonchev–Trinajstić information content (AvgIpc) is 1.81. The van der Waals surface area contributed by atoms with E-state index in [0.717, 1.165) is 12.6 Å². The van der Waals surface area contributed by atoms with Gasteiger partial charge in [0.1, 0.15) is 5.40 Å². The normalized spacial score (nSPS) is 41.2. The van der Waals surface area contributed by atoms with Crippen LogP contribution in [0.1, 0.15) is 12.8 Å². The molecule has 1 aliphatic rings. The van der Waals surface area contributed by atoms with Crippen molar-refractivity contribution in [3.05, 3.63) is 0 Å². The van der Waals surface area contributed by atoms with Crippen molar-refractivity contribution in [2.24, 2.45) is 17.0 Å². The van der Waals surface area contributed by atoms with E-state index in [1.807, 2.05) is 0 Å². The summed E-state index contributed by atoms with van der Waals surface area (Å²) in [6.45, 7) is 0. The summed E-state index contributed by atoms with van der Waals surface area (Å²) in [4.78, 5) is 0. The van der Waals surface area contributed by atoms with Crippen molar-refractivity contribution in [3.8, 4) is 0 Å². The van der Waals surface area contributed by atoms with E-state index in [1.165, 1.54) is 0 Å². The Morgan fingerprint density at radius 3 is 2.11 bits per heavy atom. The van der Waals surface area contributed by atoms with Crippen LogP contribution in [-0.2, 0) is 0 Å². The van der Waals surface area contributed by atoms with Crippen molar-refractivity contribution in [2.75, 3.05) is 6.16 Å². The van der Waals surface area contributed by atoms with E-state index in [-0.39, 0.29) is 0 Å². The smallest absolute Gasteiger partial charge is 0.112 e. The van der Waals surface area contributed by atoms with Crippen molar-refractivity contribution in [2.45, 2.75) is 18.2 Å². The molecule has 0 aromatic heterocycles. The van der Waals surface area contributed by atoms with Crippen LogP contribution in [0.4, 0.5) is 0 Å². The second-order valence-corrected chi connectivity index (χ2v) is 5.70. The Labute approximate surface area is 54.7 Å². The third-order valence-electron chi connectivity index (χ3n) is 1.83. The fourth-order valence-electron chi connectivity index (χ4n) is 1.02. The van der Waals surface area contributed by atoms with Crippen molar-refractivity contribution in [1.82, 2.24) is 0 Å². The van der Waals surface area contributed by atoms with Gasteiger partial charge in [0.05, 0.1) is 7.21 Å². The summed E-state index contributed by atoms with van der Waals surface area (Å²) in [7, 11) is -2.19. The molecule has 0 amide bonds. The lowest BCUT2D eigenvalue weighted by atomic mass is 10.3. The molecule has 1 fully saturated rings. The molecule has 0 radical (unpaired) electrons. The number of rotatable bonds is 0. The minimum absolute atomic E-state index is 0.709. The van der Waals surface area contributed by atoms with Gasteiger partial charge in [-0.25, -0.2) is 0 Å². The van der Waals surface area contributed by atoms with E-state index in [2.05, 4.69) is 0 Å². The van der Waals surface area contributed by atoms with Gasteiger partial charge in [-0.2, -0.15) is 0 Å². The second kappa shape index (κ2) is 1.80. The Bertz CT molecular complexity index is 164. The molecule has 0 spiro atoms. The van der Waals surface area contributed by atoms with Gasteiger partial charge in [-0.1, -0.05) is 0 Å².